The Morgan fingerprint density at radius 1 is 0.933 bits per heavy atom. The Labute approximate surface area is 256 Å². The van der Waals surface area contributed by atoms with Gasteiger partial charge in [0.05, 0.1) is 39.4 Å². The third-order valence-corrected chi connectivity index (χ3v) is 10.1. The number of halogens is 3. The number of hydrogen-bond acceptors (Lipinski definition) is 6. The van der Waals surface area contributed by atoms with Crippen molar-refractivity contribution >= 4 is 42.9 Å². The zero-order chi connectivity index (χ0) is 32.1. The van der Waals surface area contributed by atoms with E-state index in [9.17, 15) is 34.8 Å². The molecule has 1 amide bonds. The Morgan fingerprint density at radius 2 is 1.62 bits per heavy atom. The van der Waals surface area contributed by atoms with Gasteiger partial charge in [-0.25, -0.2) is 27.2 Å². The molecule has 0 aliphatic carbocycles. The van der Waals surface area contributed by atoms with Crippen LogP contribution in [0.1, 0.15) is 17.0 Å². The maximum Gasteiger partial charge on any atom is 0.416 e. The number of fused-ring (bicyclic) bond motifs is 1. The molecule has 0 bridgehead atoms. The van der Waals surface area contributed by atoms with Gasteiger partial charge in [-0.05, 0) is 66.1 Å². The van der Waals surface area contributed by atoms with Crippen LogP contribution in [0.25, 0.3) is 27.8 Å². The number of hydrogen-bond donors (Lipinski definition) is 2. The number of carbonyl (C=O) groups excluding carboxylic acids is 1. The van der Waals surface area contributed by atoms with E-state index in [0.717, 1.165) is 27.6 Å². The molecule has 0 radical (unpaired) electrons. The first-order chi connectivity index (χ1) is 21.2. The SMILES string of the molecule is Cc1ccc(N2CC(=O)NS2(=O)=O)cc1-n1c(CNS(=O)(=O)c2ccc(-c3ccccc3)cc2)nc2cc(C(F)(F)F)ccc21. The van der Waals surface area contributed by atoms with Crippen LogP contribution in [0.2, 0.25) is 0 Å². The highest BCUT2D eigenvalue weighted by atomic mass is 32.2. The molecule has 0 saturated carbocycles. The minimum Gasteiger partial charge on any atom is -0.295 e. The Morgan fingerprint density at radius 3 is 2.27 bits per heavy atom. The molecule has 5 aromatic rings. The zero-order valence-electron chi connectivity index (χ0n) is 23.4. The summed E-state index contributed by atoms with van der Waals surface area (Å²) < 4.78 is 98.9. The van der Waals surface area contributed by atoms with Crippen molar-refractivity contribution in [3.8, 4) is 16.8 Å². The number of rotatable bonds is 7. The number of benzene rings is 4. The molecule has 0 spiro atoms. The van der Waals surface area contributed by atoms with E-state index in [1.54, 1.807) is 25.1 Å². The van der Waals surface area contributed by atoms with E-state index in [0.29, 0.717) is 11.3 Å². The molecule has 10 nitrogen and oxygen atoms in total. The Balaban J connectivity index is 1.40. The van der Waals surface area contributed by atoms with Crippen LogP contribution in [0.4, 0.5) is 18.9 Å². The summed E-state index contributed by atoms with van der Waals surface area (Å²) in [5, 5.41) is 0. The van der Waals surface area contributed by atoms with Gasteiger partial charge in [0.25, 0.3) is 5.91 Å². The number of amides is 1. The average molecular weight is 656 g/mol. The van der Waals surface area contributed by atoms with Gasteiger partial charge in [-0.15, -0.1) is 0 Å². The second-order valence-electron chi connectivity index (χ2n) is 10.3. The number of nitrogens with one attached hydrogen (secondary N) is 2. The second-order valence-corrected chi connectivity index (χ2v) is 13.6. The van der Waals surface area contributed by atoms with Gasteiger partial charge in [0.1, 0.15) is 12.4 Å². The summed E-state index contributed by atoms with van der Waals surface area (Å²) in [7, 11) is -8.25. The summed E-state index contributed by atoms with van der Waals surface area (Å²) in [6.45, 7) is 0.823. The Hall–Kier alpha value is -4.73. The molecular formula is C30H24F3N5O5S2. The summed E-state index contributed by atoms with van der Waals surface area (Å²) in [4.78, 5) is 16.2. The van der Waals surface area contributed by atoms with Crippen molar-refractivity contribution in [2.45, 2.75) is 24.5 Å². The minimum absolute atomic E-state index is 0.0289. The third-order valence-electron chi connectivity index (χ3n) is 7.29. The zero-order valence-corrected chi connectivity index (χ0v) is 25.0. The van der Waals surface area contributed by atoms with E-state index in [1.165, 1.54) is 34.9 Å². The molecule has 2 heterocycles. The van der Waals surface area contributed by atoms with Gasteiger partial charge in [0.2, 0.25) is 10.0 Å². The number of alkyl halides is 3. The van der Waals surface area contributed by atoms with Crippen molar-refractivity contribution in [1.29, 1.82) is 0 Å². The number of carbonyl (C=O) groups is 1. The molecule has 232 valence electrons. The first kappa shape index (κ1) is 30.3. The van der Waals surface area contributed by atoms with Crippen LogP contribution in [-0.2, 0) is 37.7 Å². The molecule has 1 aromatic heterocycles. The van der Waals surface area contributed by atoms with Crippen molar-refractivity contribution in [3.05, 3.63) is 108 Å². The lowest BCUT2D eigenvalue weighted by Gasteiger charge is -2.19. The molecule has 2 N–H and O–H groups in total. The number of anilines is 1. The summed E-state index contributed by atoms with van der Waals surface area (Å²) >= 11 is 0. The lowest BCUT2D eigenvalue weighted by Crippen LogP contribution is -2.29. The van der Waals surface area contributed by atoms with Gasteiger partial charge >= 0.3 is 16.4 Å². The van der Waals surface area contributed by atoms with Crippen LogP contribution in [0.15, 0.2) is 95.9 Å². The Kier molecular flexibility index (Phi) is 7.42. The Bertz CT molecular complexity index is 2170. The van der Waals surface area contributed by atoms with E-state index in [1.807, 2.05) is 35.1 Å². The van der Waals surface area contributed by atoms with Crippen molar-refractivity contribution in [2.75, 3.05) is 10.8 Å². The number of aromatic nitrogens is 2. The summed E-state index contributed by atoms with van der Waals surface area (Å²) in [5.41, 5.74) is 1.96. The predicted molar refractivity (Wildman–Crippen MR) is 161 cm³/mol. The van der Waals surface area contributed by atoms with E-state index in [4.69, 9.17) is 0 Å². The third kappa shape index (κ3) is 5.89. The molecule has 1 saturated heterocycles. The number of nitrogens with zero attached hydrogens (tertiary/aromatic N) is 3. The van der Waals surface area contributed by atoms with E-state index in [2.05, 4.69) is 9.71 Å². The molecule has 1 aliphatic heterocycles. The van der Waals surface area contributed by atoms with Crippen LogP contribution < -0.4 is 13.7 Å². The van der Waals surface area contributed by atoms with Crippen molar-refractivity contribution in [1.82, 2.24) is 19.0 Å². The molecule has 0 unspecified atom stereocenters. The van der Waals surface area contributed by atoms with E-state index < -0.39 is 51.0 Å². The monoisotopic (exact) mass is 655 g/mol. The lowest BCUT2D eigenvalue weighted by atomic mass is 10.1. The van der Waals surface area contributed by atoms with Gasteiger partial charge < -0.3 is 0 Å². The average Bonchev–Trinajstić information content (AvgIpc) is 3.50. The first-order valence-electron chi connectivity index (χ1n) is 13.4. The fraction of sp³-hybridized carbons (Fsp3) is 0.133. The molecule has 4 aromatic carbocycles. The second kappa shape index (κ2) is 11.0. The van der Waals surface area contributed by atoms with E-state index >= 15 is 0 Å². The molecule has 0 atom stereocenters. The van der Waals surface area contributed by atoms with Crippen LogP contribution >= 0.6 is 0 Å². The number of imidazole rings is 1. The largest absolute Gasteiger partial charge is 0.416 e. The van der Waals surface area contributed by atoms with Gasteiger partial charge in [-0.3, -0.25) is 9.36 Å². The van der Waals surface area contributed by atoms with Crippen LogP contribution in [0.3, 0.4) is 0 Å². The highest BCUT2D eigenvalue weighted by molar-refractivity contribution is 7.92. The van der Waals surface area contributed by atoms with Gasteiger partial charge in [-0.2, -0.15) is 21.6 Å². The highest BCUT2D eigenvalue weighted by Gasteiger charge is 2.35. The van der Waals surface area contributed by atoms with Crippen molar-refractivity contribution < 1.29 is 34.8 Å². The summed E-state index contributed by atoms with van der Waals surface area (Å²) in [6, 6.07) is 23.1. The molecule has 1 fully saturated rings. The van der Waals surface area contributed by atoms with E-state index in [-0.39, 0.29) is 27.4 Å². The predicted octanol–water partition coefficient (Wildman–Crippen LogP) is 4.68. The number of aryl methyl sites for hydroxylation is 1. The quantitative estimate of drug-likeness (QED) is 0.262. The highest BCUT2D eigenvalue weighted by Crippen LogP contribution is 2.34. The van der Waals surface area contributed by atoms with Crippen molar-refractivity contribution in [3.63, 3.8) is 0 Å². The summed E-state index contributed by atoms with van der Waals surface area (Å²) in [5.74, 6) is -0.677. The smallest absolute Gasteiger partial charge is 0.295 e. The normalized spacial score (nSPS) is 15.0. The minimum atomic E-state index is -4.65. The maximum atomic E-state index is 13.5. The summed E-state index contributed by atoms with van der Waals surface area (Å²) in [6.07, 6.45) is -4.65. The fourth-order valence-corrected chi connectivity index (χ4v) is 7.19. The first-order valence-corrected chi connectivity index (χ1v) is 16.3. The molecular weight excluding hydrogens is 631 g/mol. The standard InChI is InChI=1S/C30H24F3N5O5S2/c1-19-7-11-23(37-18-29(39)36-45(37,42)43)16-27(19)38-26-14-10-22(30(31,32)33)15-25(26)35-28(38)17-34-44(40,41)24-12-8-21(9-13-24)20-5-3-2-4-6-20/h2-16,34H,17-18H2,1H3,(H,36,39). The molecule has 45 heavy (non-hydrogen) atoms. The fourth-order valence-electron chi connectivity index (χ4n) is 5.06. The van der Waals surface area contributed by atoms with Gasteiger partial charge in [0.15, 0.2) is 0 Å². The van der Waals surface area contributed by atoms with Crippen LogP contribution in [0, 0.1) is 6.92 Å². The maximum absolute atomic E-state index is 13.5. The molecule has 1 aliphatic rings. The molecule has 6 rings (SSSR count). The molecule has 15 heteroatoms. The van der Waals surface area contributed by atoms with Crippen LogP contribution in [-0.4, -0.2) is 38.8 Å². The van der Waals surface area contributed by atoms with Gasteiger partial charge in [-0.1, -0.05) is 48.5 Å². The topological polar surface area (TPSA) is 130 Å². The van der Waals surface area contributed by atoms with Crippen molar-refractivity contribution in [2.24, 2.45) is 0 Å². The van der Waals surface area contributed by atoms with Gasteiger partial charge in [0, 0.05) is 0 Å². The number of sulfonamides is 1. The lowest BCUT2D eigenvalue weighted by molar-refractivity contribution is -0.137. The van der Waals surface area contributed by atoms with Crippen LogP contribution in [0.5, 0.6) is 0 Å².